The highest BCUT2D eigenvalue weighted by atomic mass is 32.2. The Balaban J connectivity index is 1.87. The van der Waals surface area contributed by atoms with Crippen LogP contribution in [0.5, 0.6) is 0 Å². The second-order valence-electron chi connectivity index (χ2n) is 5.33. The summed E-state index contributed by atoms with van der Waals surface area (Å²) in [6.07, 6.45) is 6.19. The number of benzene rings is 1. The first-order valence-electron chi connectivity index (χ1n) is 7.48. The van der Waals surface area contributed by atoms with Crippen LogP contribution in [0, 0.1) is 0 Å². The molecule has 0 radical (unpaired) electrons. The van der Waals surface area contributed by atoms with Crippen molar-refractivity contribution in [1.29, 1.82) is 0 Å². The van der Waals surface area contributed by atoms with Crippen LogP contribution in [0.25, 0.3) is 0 Å². The highest BCUT2D eigenvalue weighted by molar-refractivity contribution is 8.00. The first-order valence-corrected chi connectivity index (χ1v) is 8.47. The smallest absolute Gasteiger partial charge is 0.233 e. The topological polar surface area (TPSA) is 46.3 Å². The van der Waals surface area contributed by atoms with Crippen molar-refractivity contribution in [3.63, 3.8) is 0 Å². The zero-order valence-corrected chi connectivity index (χ0v) is 13.0. The van der Waals surface area contributed by atoms with Crippen molar-refractivity contribution in [2.24, 2.45) is 0 Å². The van der Waals surface area contributed by atoms with Crippen LogP contribution in [0.15, 0.2) is 29.2 Å². The van der Waals surface area contributed by atoms with Crippen LogP contribution in [-0.4, -0.2) is 29.1 Å². The lowest BCUT2D eigenvalue weighted by atomic mass is 9.94. The molecule has 20 heavy (non-hydrogen) atoms. The van der Waals surface area contributed by atoms with E-state index in [0.717, 1.165) is 17.1 Å². The lowest BCUT2D eigenvalue weighted by Crippen LogP contribution is -2.42. The minimum absolute atomic E-state index is 0.265. The third kappa shape index (κ3) is 4.17. The standard InChI is InChI=1S/C16H24N2OS/c1-2-18(14-6-4-3-5-7-14)16(19)12-20-15-10-8-13(17)9-11-15/h8-11,14H,2-7,12,17H2,1H3. The maximum atomic E-state index is 12.4. The maximum Gasteiger partial charge on any atom is 0.233 e. The predicted molar refractivity (Wildman–Crippen MR) is 85.8 cm³/mol. The molecule has 1 fully saturated rings. The Morgan fingerprint density at radius 2 is 1.90 bits per heavy atom. The van der Waals surface area contributed by atoms with E-state index in [2.05, 4.69) is 11.8 Å². The summed E-state index contributed by atoms with van der Waals surface area (Å²) in [5, 5.41) is 0. The number of hydrogen-bond acceptors (Lipinski definition) is 3. The van der Waals surface area contributed by atoms with Crippen LogP contribution in [0.1, 0.15) is 39.0 Å². The van der Waals surface area contributed by atoms with Gasteiger partial charge in [-0.2, -0.15) is 0 Å². The Hall–Kier alpha value is -1.16. The van der Waals surface area contributed by atoms with Crippen molar-refractivity contribution in [3.05, 3.63) is 24.3 Å². The summed E-state index contributed by atoms with van der Waals surface area (Å²) in [5.74, 6) is 0.787. The lowest BCUT2D eigenvalue weighted by molar-refractivity contribution is -0.131. The summed E-state index contributed by atoms with van der Waals surface area (Å²) in [6, 6.07) is 8.18. The number of thioether (sulfide) groups is 1. The molecule has 2 N–H and O–H groups in total. The van der Waals surface area contributed by atoms with Gasteiger partial charge in [-0.25, -0.2) is 0 Å². The first-order chi connectivity index (χ1) is 9.70. The molecule has 0 saturated heterocycles. The number of carbonyl (C=O) groups is 1. The normalized spacial score (nSPS) is 16.1. The number of amides is 1. The van der Waals surface area contributed by atoms with E-state index in [9.17, 15) is 4.79 Å². The monoisotopic (exact) mass is 292 g/mol. The predicted octanol–water partition coefficient (Wildman–Crippen LogP) is 3.54. The number of hydrogen-bond donors (Lipinski definition) is 1. The molecule has 0 aromatic heterocycles. The molecule has 0 atom stereocenters. The fraction of sp³-hybridized carbons (Fsp3) is 0.562. The minimum Gasteiger partial charge on any atom is -0.399 e. The Morgan fingerprint density at radius 3 is 2.50 bits per heavy atom. The van der Waals surface area contributed by atoms with Crippen molar-refractivity contribution in [1.82, 2.24) is 4.90 Å². The molecule has 1 aromatic carbocycles. The molecule has 4 heteroatoms. The van der Waals surface area contributed by atoms with Gasteiger partial charge in [0.15, 0.2) is 0 Å². The number of carbonyl (C=O) groups excluding carboxylic acids is 1. The zero-order chi connectivity index (χ0) is 14.4. The van der Waals surface area contributed by atoms with E-state index in [0.29, 0.717) is 11.8 Å². The molecule has 1 aromatic rings. The Labute approximate surface area is 125 Å². The quantitative estimate of drug-likeness (QED) is 0.667. The van der Waals surface area contributed by atoms with Gasteiger partial charge in [0.25, 0.3) is 0 Å². The van der Waals surface area contributed by atoms with Crippen LogP contribution in [0.3, 0.4) is 0 Å². The zero-order valence-electron chi connectivity index (χ0n) is 12.2. The van der Waals surface area contributed by atoms with Crippen LogP contribution >= 0.6 is 11.8 Å². The molecular weight excluding hydrogens is 268 g/mol. The van der Waals surface area contributed by atoms with Crippen molar-refractivity contribution in [2.75, 3.05) is 18.0 Å². The lowest BCUT2D eigenvalue weighted by Gasteiger charge is -2.33. The number of anilines is 1. The van der Waals surface area contributed by atoms with Gasteiger partial charge >= 0.3 is 0 Å². The molecule has 0 unspecified atom stereocenters. The van der Waals surface area contributed by atoms with E-state index < -0.39 is 0 Å². The third-order valence-corrected chi connectivity index (χ3v) is 4.92. The minimum atomic E-state index is 0.265. The summed E-state index contributed by atoms with van der Waals surface area (Å²) in [4.78, 5) is 15.6. The van der Waals surface area contributed by atoms with Crippen LogP contribution in [0.4, 0.5) is 5.69 Å². The summed E-state index contributed by atoms with van der Waals surface area (Å²) < 4.78 is 0. The average molecular weight is 292 g/mol. The summed E-state index contributed by atoms with van der Waals surface area (Å²) in [6.45, 7) is 2.91. The number of nitrogens with two attached hydrogens (primary N) is 1. The fourth-order valence-electron chi connectivity index (χ4n) is 2.82. The maximum absolute atomic E-state index is 12.4. The Morgan fingerprint density at radius 1 is 1.25 bits per heavy atom. The van der Waals surface area contributed by atoms with Gasteiger partial charge < -0.3 is 10.6 Å². The third-order valence-electron chi connectivity index (χ3n) is 3.92. The number of nitrogens with zero attached hydrogens (tertiary/aromatic N) is 1. The van der Waals surface area contributed by atoms with Gasteiger partial charge in [0, 0.05) is 23.2 Å². The van der Waals surface area contributed by atoms with Crippen molar-refractivity contribution >= 4 is 23.4 Å². The van der Waals surface area contributed by atoms with E-state index >= 15 is 0 Å². The van der Waals surface area contributed by atoms with Gasteiger partial charge in [0.2, 0.25) is 5.91 Å². The van der Waals surface area contributed by atoms with Gasteiger partial charge in [-0.1, -0.05) is 19.3 Å². The molecule has 3 nitrogen and oxygen atoms in total. The molecule has 0 spiro atoms. The van der Waals surface area contributed by atoms with Crippen molar-refractivity contribution in [2.45, 2.75) is 50.0 Å². The van der Waals surface area contributed by atoms with Crippen molar-refractivity contribution < 1.29 is 4.79 Å². The highest BCUT2D eigenvalue weighted by Crippen LogP contribution is 2.24. The average Bonchev–Trinajstić information content (AvgIpc) is 2.48. The van der Waals surface area contributed by atoms with E-state index in [-0.39, 0.29) is 5.91 Å². The van der Waals surface area contributed by atoms with Gasteiger partial charge in [0.1, 0.15) is 0 Å². The molecule has 110 valence electrons. The van der Waals surface area contributed by atoms with Crippen LogP contribution in [-0.2, 0) is 4.79 Å². The molecule has 0 bridgehead atoms. The summed E-state index contributed by atoms with van der Waals surface area (Å²) in [7, 11) is 0. The molecule has 2 rings (SSSR count). The number of nitrogen functional groups attached to an aromatic ring is 1. The van der Waals surface area contributed by atoms with Crippen LogP contribution in [0.2, 0.25) is 0 Å². The van der Waals surface area contributed by atoms with Crippen LogP contribution < -0.4 is 5.73 Å². The van der Waals surface area contributed by atoms with Gasteiger partial charge in [-0.15, -0.1) is 11.8 Å². The molecule has 1 aliphatic rings. The second kappa shape index (κ2) is 7.58. The Kier molecular flexibility index (Phi) is 5.77. The molecule has 1 amide bonds. The van der Waals surface area contributed by atoms with E-state index in [1.165, 1.54) is 32.1 Å². The fourth-order valence-corrected chi connectivity index (χ4v) is 3.61. The first kappa shape index (κ1) is 15.2. The van der Waals surface area contributed by atoms with Crippen molar-refractivity contribution in [3.8, 4) is 0 Å². The van der Waals surface area contributed by atoms with E-state index in [1.54, 1.807) is 11.8 Å². The van der Waals surface area contributed by atoms with Gasteiger partial charge in [-0.05, 0) is 44.0 Å². The van der Waals surface area contributed by atoms with Gasteiger partial charge in [0.05, 0.1) is 5.75 Å². The van der Waals surface area contributed by atoms with E-state index in [4.69, 9.17) is 5.73 Å². The Bertz CT molecular complexity index is 427. The molecule has 1 aliphatic carbocycles. The highest BCUT2D eigenvalue weighted by Gasteiger charge is 2.23. The SMILES string of the molecule is CCN(C(=O)CSc1ccc(N)cc1)C1CCCCC1. The molecule has 0 aliphatic heterocycles. The molecular formula is C16H24N2OS. The summed E-state index contributed by atoms with van der Waals surface area (Å²) in [5.41, 5.74) is 6.43. The largest absolute Gasteiger partial charge is 0.399 e. The van der Waals surface area contributed by atoms with Gasteiger partial charge in [-0.3, -0.25) is 4.79 Å². The van der Waals surface area contributed by atoms with E-state index in [1.807, 2.05) is 24.3 Å². The molecule has 1 saturated carbocycles. The summed E-state index contributed by atoms with van der Waals surface area (Å²) >= 11 is 1.60. The molecule has 0 heterocycles. The second-order valence-corrected chi connectivity index (χ2v) is 6.38. The number of rotatable bonds is 5.